The minimum Gasteiger partial charge on any atom is -0.478 e. The summed E-state index contributed by atoms with van der Waals surface area (Å²) in [5, 5.41) is 8.88. The maximum absolute atomic E-state index is 12.9. The van der Waals surface area contributed by atoms with Crippen molar-refractivity contribution in [1.29, 1.82) is 0 Å². The van der Waals surface area contributed by atoms with Crippen molar-refractivity contribution < 1.29 is 23.1 Å². The van der Waals surface area contributed by atoms with Crippen LogP contribution in [-0.2, 0) is 17.5 Å². The number of rotatable bonds is 3. The summed E-state index contributed by atoms with van der Waals surface area (Å²) in [7, 11) is 0. The van der Waals surface area contributed by atoms with E-state index in [2.05, 4.69) is 0 Å². The van der Waals surface area contributed by atoms with E-state index in [-0.39, 0.29) is 17.7 Å². The van der Waals surface area contributed by atoms with Crippen molar-refractivity contribution >= 4 is 5.97 Å². The lowest BCUT2D eigenvalue weighted by molar-refractivity contribution is -0.138. The van der Waals surface area contributed by atoms with Gasteiger partial charge in [-0.05, 0) is 17.7 Å². The molecule has 1 N–H and O–H groups in total. The molecule has 0 saturated heterocycles. The molecule has 1 aromatic carbocycles. The first-order chi connectivity index (χ1) is 9.38. The lowest BCUT2D eigenvalue weighted by Crippen LogP contribution is -2.23. The summed E-state index contributed by atoms with van der Waals surface area (Å²) >= 11 is 0. The fraction of sp³-hybridized carbons (Fsp3) is 0.214. The fourth-order valence-corrected chi connectivity index (χ4v) is 2.00. The zero-order valence-electron chi connectivity index (χ0n) is 10.4. The molecule has 0 aromatic heterocycles. The summed E-state index contributed by atoms with van der Waals surface area (Å²) in [4.78, 5) is 12.4. The number of alkyl halides is 3. The number of aliphatic carboxylic acids is 1. The molecule has 1 heterocycles. The molecule has 0 unspecified atom stereocenters. The van der Waals surface area contributed by atoms with Crippen LogP contribution < -0.4 is 0 Å². The Balaban J connectivity index is 2.24. The van der Waals surface area contributed by atoms with E-state index in [9.17, 15) is 18.0 Å². The van der Waals surface area contributed by atoms with E-state index in [0.717, 1.165) is 6.07 Å². The molecule has 106 valence electrons. The van der Waals surface area contributed by atoms with Crippen LogP contribution in [0.3, 0.4) is 0 Å². The highest BCUT2D eigenvalue weighted by atomic mass is 19.4. The third-order valence-electron chi connectivity index (χ3n) is 2.90. The summed E-state index contributed by atoms with van der Waals surface area (Å²) in [6.45, 7) is 0.389. The molecule has 0 saturated carbocycles. The van der Waals surface area contributed by atoms with Crippen LogP contribution in [0.2, 0.25) is 0 Å². The van der Waals surface area contributed by atoms with E-state index in [1.165, 1.54) is 35.4 Å². The van der Waals surface area contributed by atoms with E-state index in [0.29, 0.717) is 6.54 Å². The summed E-state index contributed by atoms with van der Waals surface area (Å²) in [5.41, 5.74) is -0.517. The van der Waals surface area contributed by atoms with Gasteiger partial charge < -0.3 is 10.0 Å². The summed E-state index contributed by atoms with van der Waals surface area (Å²) in [5.74, 6) is -1.10. The van der Waals surface area contributed by atoms with Crippen molar-refractivity contribution in [2.75, 3.05) is 6.54 Å². The molecule has 1 aliphatic rings. The molecule has 3 nitrogen and oxygen atoms in total. The summed E-state index contributed by atoms with van der Waals surface area (Å²) < 4.78 is 38.6. The van der Waals surface area contributed by atoms with Crippen molar-refractivity contribution in [1.82, 2.24) is 4.90 Å². The number of carboxylic acids is 1. The second-order valence-corrected chi connectivity index (χ2v) is 4.38. The number of carboxylic acid groups (broad SMARTS) is 1. The zero-order chi connectivity index (χ0) is 14.8. The largest absolute Gasteiger partial charge is 0.478 e. The second-order valence-electron chi connectivity index (χ2n) is 4.38. The third-order valence-corrected chi connectivity index (χ3v) is 2.90. The van der Waals surface area contributed by atoms with Crippen LogP contribution in [0, 0.1) is 0 Å². The minimum atomic E-state index is -4.42. The van der Waals surface area contributed by atoms with Crippen molar-refractivity contribution in [3.63, 3.8) is 0 Å². The molecular formula is C14H12F3NO2. The molecule has 0 radical (unpaired) electrons. The first-order valence-electron chi connectivity index (χ1n) is 5.89. The molecule has 0 fully saturated rings. The molecule has 1 aliphatic heterocycles. The molecule has 0 spiro atoms. The van der Waals surface area contributed by atoms with Crippen molar-refractivity contribution in [3.8, 4) is 0 Å². The predicted molar refractivity (Wildman–Crippen MR) is 66.7 cm³/mol. The number of halogens is 3. The summed E-state index contributed by atoms with van der Waals surface area (Å²) in [6.07, 6.45) is -0.00873. The average molecular weight is 283 g/mol. The Kier molecular flexibility index (Phi) is 3.83. The second kappa shape index (κ2) is 5.40. The molecule has 0 aliphatic carbocycles. The van der Waals surface area contributed by atoms with Gasteiger partial charge in [0.05, 0.1) is 11.1 Å². The molecule has 1 aromatic rings. The normalized spacial score (nSPS) is 15.2. The smallest absolute Gasteiger partial charge is 0.416 e. The van der Waals surface area contributed by atoms with Gasteiger partial charge in [-0.2, -0.15) is 13.2 Å². The predicted octanol–water partition coefficient (Wildman–Crippen LogP) is 3.05. The lowest BCUT2D eigenvalue weighted by atomic mass is 10.1. The van der Waals surface area contributed by atoms with Gasteiger partial charge in [-0.25, -0.2) is 4.79 Å². The number of hydrogen-bond acceptors (Lipinski definition) is 2. The number of benzene rings is 1. The van der Waals surface area contributed by atoms with Crippen molar-refractivity contribution in [3.05, 3.63) is 59.3 Å². The van der Waals surface area contributed by atoms with Crippen molar-refractivity contribution in [2.24, 2.45) is 0 Å². The van der Waals surface area contributed by atoms with Gasteiger partial charge in [0.15, 0.2) is 0 Å². The SMILES string of the molecule is O=C(O)C1=CN(Cc2ccccc2C(F)(F)F)CC=C1. The lowest BCUT2D eigenvalue weighted by Gasteiger charge is -2.24. The first-order valence-corrected chi connectivity index (χ1v) is 5.89. The average Bonchev–Trinajstić information content (AvgIpc) is 2.38. The fourth-order valence-electron chi connectivity index (χ4n) is 2.00. The van der Waals surface area contributed by atoms with E-state index in [1.54, 1.807) is 6.08 Å². The van der Waals surface area contributed by atoms with Crippen LogP contribution >= 0.6 is 0 Å². The Labute approximate surface area is 113 Å². The molecule has 0 bridgehead atoms. The molecule has 2 rings (SSSR count). The van der Waals surface area contributed by atoms with Gasteiger partial charge in [0.2, 0.25) is 0 Å². The number of hydrogen-bond donors (Lipinski definition) is 1. The zero-order valence-corrected chi connectivity index (χ0v) is 10.4. The maximum atomic E-state index is 12.9. The van der Waals surface area contributed by atoms with Crippen LogP contribution in [0.1, 0.15) is 11.1 Å². The van der Waals surface area contributed by atoms with Gasteiger partial charge in [-0.1, -0.05) is 24.3 Å². The molecule has 20 heavy (non-hydrogen) atoms. The topological polar surface area (TPSA) is 40.5 Å². The Morgan fingerprint density at radius 2 is 2.00 bits per heavy atom. The van der Waals surface area contributed by atoms with Gasteiger partial charge >= 0.3 is 12.1 Å². The highest BCUT2D eigenvalue weighted by Gasteiger charge is 2.33. The molecule has 6 heteroatoms. The molecule has 0 amide bonds. The third kappa shape index (κ3) is 3.20. The van der Waals surface area contributed by atoms with Crippen LogP contribution in [0.4, 0.5) is 13.2 Å². The molecule has 0 atom stereocenters. The summed E-state index contributed by atoms with van der Waals surface area (Å²) in [6, 6.07) is 5.29. The van der Waals surface area contributed by atoms with E-state index >= 15 is 0 Å². The van der Waals surface area contributed by atoms with Crippen LogP contribution in [0.25, 0.3) is 0 Å². The van der Waals surface area contributed by atoms with Crippen LogP contribution in [0.5, 0.6) is 0 Å². The Hall–Kier alpha value is -2.24. The minimum absolute atomic E-state index is 0.0107. The highest BCUT2D eigenvalue weighted by molar-refractivity contribution is 5.89. The van der Waals surface area contributed by atoms with E-state index in [1.807, 2.05) is 0 Å². The Morgan fingerprint density at radius 1 is 1.30 bits per heavy atom. The number of carbonyl (C=O) groups is 1. The molecular weight excluding hydrogens is 271 g/mol. The van der Waals surface area contributed by atoms with Crippen LogP contribution in [-0.4, -0.2) is 22.5 Å². The maximum Gasteiger partial charge on any atom is 0.416 e. The highest BCUT2D eigenvalue weighted by Crippen LogP contribution is 2.32. The van der Waals surface area contributed by atoms with E-state index < -0.39 is 17.7 Å². The Bertz CT molecular complexity index is 576. The quantitative estimate of drug-likeness (QED) is 0.927. The van der Waals surface area contributed by atoms with Crippen molar-refractivity contribution in [2.45, 2.75) is 12.7 Å². The van der Waals surface area contributed by atoms with E-state index in [4.69, 9.17) is 5.11 Å². The van der Waals surface area contributed by atoms with Crippen LogP contribution in [0.15, 0.2) is 48.2 Å². The van der Waals surface area contributed by atoms with Gasteiger partial charge in [0, 0.05) is 19.3 Å². The first kappa shape index (κ1) is 14.2. The monoisotopic (exact) mass is 283 g/mol. The standard InChI is InChI=1S/C14H12F3NO2/c15-14(16,17)12-6-2-1-4-10(12)8-18-7-3-5-11(9-18)13(19)20/h1-6,9H,7-8H2,(H,19,20). The van der Waals surface area contributed by atoms with Gasteiger partial charge in [0.25, 0.3) is 0 Å². The van der Waals surface area contributed by atoms with Gasteiger partial charge in [-0.15, -0.1) is 0 Å². The van der Waals surface area contributed by atoms with Gasteiger partial charge in [0.1, 0.15) is 0 Å². The van der Waals surface area contributed by atoms with Gasteiger partial charge in [-0.3, -0.25) is 0 Å². The number of nitrogens with zero attached hydrogens (tertiary/aromatic N) is 1. The Morgan fingerprint density at radius 3 is 2.65 bits per heavy atom.